The summed E-state index contributed by atoms with van der Waals surface area (Å²) in [5.41, 5.74) is 18.0. The first-order valence-corrected chi connectivity index (χ1v) is 39.1. The molecule has 0 radical (unpaired) electrons. The van der Waals surface area contributed by atoms with E-state index in [0.717, 1.165) is 12.8 Å². The second kappa shape index (κ2) is 18.8. The van der Waals surface area contributed by atoms with Crippen LogP contribution in [0.2, 0.25) is 13.1 Å². The molecule has 2 aliphatic rings. The van der Waals surface area contributed by atoms with Gasteiger partial charge in [-0.1, -0.05) is 26.7 Å². The van der Waals surface area contributed by atoms with Crippen LogP contribution in [-0.2, 0) is 28.4 Å². The van der Waals surface area contributed by atoms with Gasteiger partial charge in [0.2, 0.25) is 0 Å². The van der Waals surface area contributed by atoms with Crippen LogP contribution in [0, 0.1) is 0 Å². The van der Waals surface area contributed by atoms with Crippen molar-refractivity contribution >= 4 is 46.2 Å². The molecule has 0 saturated carbocycles. The van der Waals surface area contributed by atoms with E-state index in [9.17, 15) is 0 Å². The van der Waals surface area contributed by atoms with Crippen LogP contribution in [0.15, 0.2) is 146 Å². The van der Waals surface area contributed by atoms with E-state index in [4.69, 9.17) is 17.0 Å². The predicted octanol–water partition coefficient (Wildman–Crippen LogP) is 17.1. The molecular formula is C56H61Cl2SiZr. The first kappa shape index (κ1) is 43.1. The molecule has 0 amide bonds. The molecule has 0 spiro atoms. The van der Waals surface area contributed by atoms with Gasteiger partial charge in [-0.25, -0.2) is 0 Å². The Hall–Kier alpha value is -3.52. The van der Waals surface area contributed by atoms with Gasteiger partial charge in [0.15, 0.2) is 0 Å². The fourth-order valence-corrected chi connectivity index (χ4v) is 40.4. The van der Waals surface area contributed by atoms with Crippen molar-refractivity contribution in [2.75, 3.05) is 0 Å². The Morgan fingerprint density at radius 1 is 0.433 bits per heavy atom. The third-order valence-corrected chi connectivity index (χ3v) is 65.3. The molecule has 0 N–H and O–H groups in total. The fourth-order valence-electron chi connectivity index (χ4n) is 10.3. The normalized spacial score (nSPS) is 16.6. The zero-order valence-electron chi connectivity index (χ0n) is 36.1. The second-order valence-electron chi connectivity index (χ2n) is 17.8. The first-order chi connectivity index (χ1) is 29.2. The summed E-state index contributed by atoms with van der Waals surface area (Å²) in [5, 5.41) is 0. The van der Waals surface area contributed by atoms with Crippen molar-refractivity contribution in [2.45, 2.75) is 98.4 Å². The Bertz CT molecular complexity index is 2300. The molecule has 6 aromatic carbocycles. The molecule has 307 valence electrons. The van der Waals surface area contributed by atoms with Crippen LogP contribution in [0.1, 0.15) is 117 Å². The Morgan fingerprint density at radius 2 is 0.833 bits per heavy atom. The number of unbranched alkanes of at least 4 members (excludes halogenated alkanes) is 6. The van der Waals surface area contributed by atoms with E-state index in [1.807, 2.05) is 0 Å². The molecule has 0 saturated heterocycles. The standard InChI is InChI=1S/2C27H27.C2H7Si.2ClH.Zr/c2*1-2-3-4-6-10-21-15-17-23(18-16-21)26-14-9-13-24-19-25(20-27(24)26)22-11-7-5-8-12-22;1-3-2;;;/h2*5,7-9,11-20H,2-4,6,10H2,1H3;3H,1-2H3;2*1H;/q;;;;;+2/p-2. The zero-order valence-corrected chi connectivity index (χ0v) is 41.2. The molecule has 2 atom stereocenters. The Kier molecular flexibility index (Phi) is 13.5. The number of benzene rings is 6. The van der Waals surface area contributed by atoms with E-state index in [1.54, 1.807) is 0 Å². The molecule has 4 heteroatoms. The van der Waals surface area contributed by atoms with Crippen molar-refractivity contribution in [3.63, 3.8) is 0 Å². The zero-order chi connectivity index (χ0) is 41.7. The minimum atomic E-state index is -5.20. The van der Waals surface area contributed by atoms with E-state index in [0.29, 0.717) is 0 Å². The first-order valence-electron chi connectivity index (χ1n) is 22.8. The maximum absolute atomic E-state index is 9.02. The summed E-state index contributed by atoms with van der Waals surface area (Å²) < 4.78 is -0.148. The topological polar surface area (TPSA) is 0 Å². The van der Waals surface area contributed by atoms with Crippen molar-refractivity contribution < 1.29 is 15.6 Å². The maximum atomic E-state index is 9.02. The Labute approximate surface area is 369 Å². The van der Waals surface area contributed by atoms with Gasteiger partial charge in [0.05, 0.1) is 0 Å². The number of aryl methyl sites for hydroxylation is 2. The summed E-state index contributed by atoms with van der Waals surface area (Å²) in [7, 11) is 18.0. The number of hydrogen-bond donors (Lipinski definition) is 0. The average molecular weight is 924 g/mol. The molecule has 0 nitrogen and oxygen atoms in total. The average Bonchev–Trinajstić information content (AvgIpc) is 3.89. The molecule has 0 aromatic heterocycles. The summed E-state index contributed by atoms with van der Waals surface area (Å²) in [4.78, 5) is 0. The van der Waals surface area contributed by atoms with Crippen LogP contribution in [0.4, 0.5) is 0 Å². The third-order valence-electron chi connectivity index (χ3n) is 13.7. The van der Waals surface area contributed by atoms with E-state index in [1.165, 1.54) is 129 Å². The van der Waals surface area contributed by atoms with Gasteiger partial charge < -0.3 is 0 Å². The molecule has 0 fully saturated rings. The van der Waals surface area contributed by atoms with Gasteiger partial charge in [0.25, 0.3) is 0 Å². The van der Waals surface area contributed by atoms with Crippen molar-refractivity contribution in [3.8, 4) is 22.3 Å². The van der Waals surface area contributed by atoms with Crippen molar-refractivity contribution in [3.05, 3.63) is 190 Å². The van der Waals surface area contributed by atoms with E-state index in [-0.39, 0.29) is 7.25 Å². The second-order valence-corrected chi connectivity index (χ2v) is 60.3. The van der Waals surface area contributed by atoms with E-state index in [2.05, 4.69) is 185 Å². The molecule has 2 unspecified atom stereocenters. The van der Waals surface area contributed by atoms with Crippen LogP contribution in [-0.4, -0.2) is 5.92 Å². The third kappa shape index (κ3) is 8.37. The molecule has 0 aliphatic heterocycles. The van der Waals surface area contributed by atoms with Gasteiger partial charge in [-0.3, -0.25) is 0 Å². The van der Waals surface area contributed by atoms with E-state index < -0.39 is 21.5 Å². The van der Waals surface area contributed by atoms with Crippen LogP contribution in [0.3, 0.4) is 0 Å². The van der Waals surface area contributed by atoms with Gasteiger partial charge >= 0.3 is 346 Å². The fraction of sp³-hybridized carbons (Fsp3) is 0.286. The quantitative estimate of drug-likeness (QED) is 0.0632. The van der Waals surface area contributed by atoms with Crippen molar-refractivity contribution in [1.82, 2.24) is 0 Å². The van der Waals surface area contributed by atoms with Gasteiger partial charge in [-0.15, -0.1) is 0 Å². The summed E-state index contributed by atoms with van der Waals surface area (Å²) in [6, 6.07) is 54.5. The summed E-state index contributed by atoms with van der Waals surface area (Å²) in [6.07, 6.45) is 17.4. The summed E-state index contributed by atoms with van der Waals surface area (Å²) in [5.74, 6) is -1.83. The van der Waals surface area contributed by atoms with Crippen molar-refractivity contribution in [2.24, 2.45) is 0 Å². The van der Waals surface area contributed by atoms with Crippen molar-refractivity contribution in [1.29, 1.82) is 0 Å². The predicted molar refractivity (Wildman–Crippen MR) is 264 cm³/mol. The molecule has 0 heterocycles. The van der Waals surface area contributed by atoms with Crippen LogP contribution < -0.4 is 0 Å². The van der Waals surface area contributed by atoms with E-state index >= 15 is 0 Å². The summed E-state index contributed by atoms with van der Waals surface area (Å²) in [6.45, 7) is 9.47. The Morgan fingerprint density at radius 3 is 1.20 bits per heavy atom. The van der Waals surface area contributed by atoms with Crippen LogP contribution in [0.5, 0.6) is 0 Å². The van der Waals surface area contributed by atoms with Gasteiger partial charge in [0, 0.05) is 0 Å². The molecule has 8 rings (SSSR count). The molecule has 0 bridgehead atoms. The molecular weight excluding hydrogens is 863 g/mol. The van der Waals surface area contributed by atoms with Gasteiger partial charge in [-0.05, 0) is 0 Å². The number of allylic oxidation sites excluding steroid dienone is 2. The number of fused-ring (bicyclic) bond motifs is 2. The summed E-state index contributed by atoms with van der Waals surface area (Å²) >= 11 is -5.20. The Balaban J connectivity index is 1.27. The molecule has 60 heavy (non-hydrogen) atoms. The van der Waals surface area contributed by atoms with Crippen LogP contribution >= 0.6 is 17.0 Å². The molecule has 6 aromatic rings. The SMILES string of the molecule is CCCCCCc1ccc(-c2cccc3c2C=C(c2ccccc2)[CH]3[Zr]([Cl])([Cl])([CH]2C(c3ccccc3)=Cc3c(-c4ccc(CCCCCC)cc4)cccc32)[SiH](C)C)cc1. The monoisotopic (exact) mass is 921 g/mol. The molecule has 2 aliphatic carbocycles. The van der Waals surface area contributed by atoms with Gasteiger partial charge in [0.1, 0.15) is 0 Å². The number of halogens is 2. The number of hydrogen-bond acceptors (Lipinski definition) is 0. The minimum absolute atomic E-state index is 0.0738. The van der Waals surface area contributed by atoms with Gasteiger partial charge in [-0.2, -0.15) is 0 Å². The van der Waals surface area contributed by atoms with Crippen LogP contribution in [0.25, 0.3) is 45.6 Å². The number of rotatable bonds is 17.